The van der Waals surface area contributed by atoms with Crippen molar-refractivity contribution < 1.29 is 22.7 Å². The summed E-state index contributed by atoms with van der Waals surface area (Å²) >= 11 is 6.21. The first-order chi connectivity index (χ1) is 17.5. The quantitative estimate of drug-likeness (QED) is 0.373. The highest BCUT2D eigenvalue weighted by Gasteiger charge is 2.29. The lowest BCUT2D eigenvalue weighted by Crippen LogP contribution is -2.49. The zero-order valence-corrected chi connectivity index (χ0v) is 23.8. The third kappa shape index (κ3) is 9.23. The zero-order valence-electron chi connectivity index (χ0n) is 22.2. The minimum absolute atomic E-state index is 0.0801. The van der Waals surface area contributed by atoms with Crippen molar-refractivity contribution >= 4 is 39.1 Å². The Balaban J connectivity index is 2.20. The average Bonchev–Trinajstić information content (AvgIpc) is 2.84. The van der Waals surface area contributed by atoms with Crippen LogP contribution >= 0.6 is 11.6 Å². The predicted molar refractivity (Wildman–Crippen MR) is 148 cm³/mol. The number of ether oxygens (including phenoxy) is 1. The number of hydrogen-bond acceptors (Lipinski definition) is 5. The summed E-state index contributed by atoms with van der Waals surface area (Å²) < 4.78 is 31.4. The third-order valence-electron chi connectivity index (χ3n) is 5.84. The Morgan fingerprint density at radius 3 is 2.32 bits per heavy atom. The second-order valence-corrected chi connectivity index (χ2v) is 11.6. The molecule has 0 bridgehead atoms. The van der Waals surface area contributed by atoms with Crippen LogP contribution in [0.25, 0.3) is 0 Å². The maximum Gasteiger partial charge on any atom is 0.242 e. The molecule has 2 aromatic carbocycles. The monoisotopic (exact) mass is 551 g/mol. The maximum atomic E-state index is 13.4. The van der Waals surface area contributed by atoms with Crippen LogP contribution in [0.15, 0.2) is 48.5 Å². The van der Waals surface area contributed by atoms with E-state index in [0.717, 1.165) is 11.8 Å². The molecular formula is C27H38ClN3O5S. The van der Waals surface area contributed by atoms with Crippen LogP contribution in [0, 0.1) is 5.92 Å². The first-order valence-corrected chi connectivity index (χ1v) is 14.6. The number of carbonyl (C=O) groups excluding carboxylic acids is 2. The fourth-order valence-electron chi connectivity index (χ4n) is 3.94. The number of carbonyl (C=O) groups is 2. The van der Waals surface area contributed by atoms with Gasteiger partial charge in [-0.25, -0.2) is 8.42 Å². The van der Waals surface area contributed by atoms with Gasteiger partial charge in [0.15, 0.2) is 0 Å². The number of rotatable bonds is 14. The molecule has 0 heterocycles. The molecule has 0 aliphatic carbocycles. The molecule has 0 aliphatic heterocycles. The Labute approximate surface area is 226 Å². The normalized spacial score (nSPS) is 12.2. The number of halogens is 1. The Morgan fingerprint density at radius 2 is 1.78 bits per heavy atom. The molecule has 0 aromatic heterocycles. The summed E-state index contributed by atoms with van der Waals surface area (Å²) in [6.45, 7) is 6.80. The van der Waals surface area contributed by atoms with Gasteiger partial charge in [0.1, 0.15) is 11.8 Å². The number of hydrogen-bond donors (Lipinski definition) is 1. The second-order valence-electron chi connectivity index (χ2n) is 9.33. The molecule has 0 fully saturated rings. The van der Waals surface area contributed by atoms with E-state index in [9.17, 15) is 18.0 Å². The molecule has 204 valence electrons. The average molecular weight is 552 g/mol. The van der Waals surface area contributed by atoms with E-state index in [1.165, 1.54) is 17.5 Å². The minimum Gasteiger partial charge on any atom is -0.495 e. The fraction of sp³-hybridized carbons (Fsp3) is 0.481. The molecule has 0 aliphatic rings. The lowest BCUT2D eigenvalue weighted by molar-refractivity contribution is -0.141. The zero-order chi connectivity index (χ0) is 27.6. The molecule has 37 heavy (non-hydrogen) atoms. The van der Waals surface area contributed by atoms with Crippen LogP contribution in [0.5, 0.6) is 5.75 Å². The van der Waals surface area contributed by atoms with Crippen LogP contribution in [0.3, 0.4) is 0 Å². The van der Waals surface area contributed by atoms with E-state index in [1.54, 1.807) is 17.0 Å². The van der Waals surface area contributed by atoms with Gasteiger partial charge in [0, 0.05) is 26.1 Å². The van der Waals surface area contributed by atoms with Crippen molar-refractivity contribution in [2.75, 3.05) is 30.8 Å². The highest BCUT2D eigenvalue weighted by Crippen LogP contribution is 2.30. The Bertz CT molecular complexity index is 1140. The summed E-state index contributed by atoms with van der Waals surface area (Å²) in [5.74, 6) is 0.322. The molecular weight excluding hydrogens is 514 g/mol. The molecule has 8 nitrogen and oxygen atoms in total. The van der Waals surface area contributed by atoms with E-state index in [4.69, 9.17) is 16.3 Å². The number of anilines is 1. The van der Waals surface area contributed by atoms with Crippen molar-refractivity contribution in [1.82, 2.24) is 10.2 Å². The van der Waals surface area contributed by atoms with Gasteiger partial charge < -0.3 is 15.0 Å². The minimum atomic E-state index is -3.63. The summed E-state index contributed by atoms with van der Waals surface area (Å²) in [6.07, 6.45) is 1.92. The largest absolute Gasteiger partial charge is 0.495 e. The summed E-state index contributed by atoms with van der Waals surface area (Å²) in [5.41, 5.74) is 1.30. The number of nitrogens with zero attached hydrogens (tertiary/aromatic N) is 2. The molecule has 0 saturated heterocycles. The third-order valence-corrected chi connectivity index (χ3v) is 7.33. The molecule has 1 atom stereocenters. The SMILES string of the molecule is CCC(C(=O)NCC(C)C)N(Cc1ccccc1)C(=O)CCCN(c1ccc(OC)c(Cl)c1)S(C)(=O)=O. The van der Waals surface area contributed by atoms with Crippen LogP contribution < -0.4 is 14.4 Å². The van der Waals surface area contributed by atoms with Crippen LogP contribution in [0.4, 0.5) is 5.69 Å². The topological polar surface area (TPSA) is 96.0 Å². The molecule has 1 N–H and O–H groups in total. The molecule has 10 heteroatoms. The number of nitrogens with one attached hydrogen (secondary N) is 1. The van der Waals surface area contributed by atoms with Gasteiger partial charge in [0.05, 0.1) is 24.1 Å². The van der Waals surface area contributed by atoms with E-state index in [2.05, 4.69) is 5.32 Å². The van der Waals surface area contributed by atoms with Crippen LogP contribution in [-0.4, -0.2) is 57.6 Å². The van der Waals surface area contributed by atoms with Crippen molar-refractivity contribution in [2.45, 2.75) is 52.6 Å². The Morgan fingerprint density at radius 1 is 1.11 bits per heavy atom. The first-order valence-electron chi connectivity index (χ1n) is 12.4. The van der Waals surface area contributed by atoms with Gasteiger partial charge in [-0.2, -0.15) is 0 Å². The van der Waals surface area contributed by atoms with Crippen LogP contribution in [0.2, 0.25) is 5.02 Å². The lowest BCUT2D eigenvalue weighted by atomic mass is 10.1. The summed E-state index contributed by atoms with van der Waals surface area (Å²) in [7, 11) is -2.15. The highest BCUT2D eigenvalue weighted by atomic mass is 35.5. The van der Waals surface area contributed by atoms with E-state index in [0.29, 0.717) is 24.4 Å². The first kappa shape index (κ1) is 30.4. The van der Waals surface area contributed by atoms with Crippen molar-refractivity contribution in [3.8, 4) is 5.75 Å². The van der Waals surface area contributed by atoms with Gasteiger partial charge in [-0.15, -0.1) is 0 Å². The highest BCUT2D eigenvalue weighted by molar-refractivity contribution is 7.92. The van der Waals surface area contributed by atoms with Crippen LogP contribution in [-0.2, 0) is 26.2 Å². The summed E-state index contributed by atoms with van der Waals surface area (Å²) in [6, 6.07) is 13.6. The molecule has 0 radical (unpaired) electrons. The smallest absolute Gasteiger partial charge is 0.242 e. The fourth-order valence-corrected chi connectivity index (χ4v) is 5.15. The molecule has 0 saturated carbocycles. The number of amides is 2. The molecule has 2 rings (SSSR count). The molecule has 1 unspecified atom stereocenters. The predicted octanol–water partition coefficient (Wildman–Crippen LogP) is 4.47. The van der Waals surface area contributed by atoms with Crippen molar-refractivity contribution in [1.29, 1.82) is 0 Å². The van der Waals surface area contributed by atoms with Gasteiger partial charge in [0.25, 0.3) is 0 Å². The lowest BCUT2D eigenvalue weighted by Gasteiger charge is -2.31. The number of benzene rings is 2. The van der Waals surface area contributed by atoms with E-state index in [-0.39, 0.29) is 48.7 Å². The van der Waals surface area contributed by atoms with Gasteiger partial charge in [-0.1, -0.05) is 62.7 Å². The number of methoxy groups -OCH3 is 1. The number of sulfonamides is 1. The summed E-state index contributed by atoms with van der Waals surface area (Å²) in [4.78, 5) is 28.0. The summed E-state index contributed by atoms with van der Waals surface area (Å²) in [5, 5.41) is 3.23. The van der Waals surface area contributed by atoms with Crippen LogP contribution in [0.1, 0.15) is 45.6 Å². The maximum absolute atomic E-state index is 13.4. The van der Waals surface area contributed by atoms with E-state index < -0.39 is 16.1 Å². The van der Waals surface area contributed by atoms with E-state index >= 15 is 0 Å². The molecule has 2 amide bonds. The van der Waals surface area contributed by atoms with Gasteiger partial charge in [-0.3, -0.25) is 13.9 Å². The van der Waals surface area contributed by atoms with Crippen molar-refractivity contribution in [3.05, 3.63) is 59.1 Å². The van der Waals surface area contributed by atoms with Crippen molar-refractivity contribution in [3.63, 3.8) is 0 Å². The molecule has 0 spiro atoms. The Hall–Kier alpha value is -2.78. The molecule has 2 aromatic rings. The van der Waals surface area contributed by atoms with Gasteiger partial charge in [-0.05, 0) is 42.5 Å². The second kappa shape index (κ2) is 14.2. The van der Waals surface area contributed by atoms with Gasteiger partial charge >= 0.3 is 0 Å². The van der Waals surface area contributed by atoms with Crippen molar-refractivity contribution in [2.24, 2.45) is 5.92 Å². The standard InChI is InChI=1S/C27H38ClN3O5S/c1-6-24(27(33)29-18-20(2)3)30(19-21-11-8-7-9-12-21)26(32)13-10-16-31(37(5,34)35)22-14-15-25(36-4)23(28)17-22/h7-9,11-12,14-15,17,20,24H,6,10,13,16,18-19H2,1-5H3,(H,29,33). The van der Waals surface area contributed by atoms with Gasteiger partial charge in [0.2, 0.25) is 21.8 Å². The van der Waals surface area contributed by atoms with E-state index in [1.807, 2.05) is 51.1 Å². The Kier molecular flexibility index (Phi) is 11.7.